The molecule has 0 aromatic heterocycles. The molecule has 0 saturated carbocycles. The fourth-order valence-electron chi connectivity index (χ4n) is 0.997. The molecule has 1 unspecified atom stereocenters. The number of hydrogen-bond donors (Lipinski definition) is 1. The molecule has 90 valence electrons. The van der Waals surface area contributed by atoms with Gasteiger partial charge in [0, 0.05) is 13.2 Å². The molecule has 4 heteroatoms. The molecule has 0 radical (unpaired) electrons. The molecule has 0 aliphatic carbocycles. The molecular formula is C10H26ClNO2. The summed E-state index contributed by atoms with van der Waals surface area (Å²) in [6.45, 7) is 8.30. The van der Waals surface area contributed by atoms with Crippen LogP contribution in [0.3, 0.4) is 0 Å². The number of likely N-dealkylation sites (N-methyl/N-ethyl adjacent to an activating group) is 1. The van der Waals surface area contributed by atoms with Gasteiger partial charge in [-0.25, -0.2) is 0 Å². The number of hydrogen-bond acceptors (Lipinski definition) is 2. The van der Waals surface area contributed by atoms with E-state index in [1.54, 1.807) is 0 Å². The van der Waals surface area contributed by atoms with Crippen LogP contribution in [0.2, 0.25) is 0 Å². The first-order valence-electron chi connectivity index (χ1n) is 4.89. The lowest BCUT2D eigenvalue weighted by Gasteiger charge is -2.24. The van der Waals surface area contributed by atoms with Gasteiger partial charge in [0.05, 0.1) is 21.1 Å². The number of halogens is 1. The Hall–Kier alpha value is 0.170. The molecule has 3 nitrogen and oxygen atoms in total. The molecule has 0 aromatic carbocycles. The van der Waals surface area contributed by atoms with Gasteiger partial charge in [0.1, 0.15) is 12.6 Å². The van der Waals surface area contributed by atoms with Gasteiger partial charge in [-0.15, -0.1) is 0 Å². The minimum Gasteiger partial charge on any atom is -1.00 e. The molecule has 0 saturated heterocycles. The standard InChI is InChI=1S/C6H16NO.C4H10O.ClH/c1-6(8)5-7(2,3)4;1-3-5-4-2;/h6,8H,5H2,1-4H3;3-4H2,1-2H3;1H/q+1;;/p-1. The van der Waals surface area contributed by atoms with Crippen molar-refractivity contribution in [2.75, 3.05) is 40.9 Å². The summed E-state index contributed by atoms with van der Waals surface area (Å²) >= 11 is 0. The van der Waals surface area contributed by atoms with E-state index in [0.29, 0.717) is 0 Å². The second-order valence-electron chi connectivity index (χ2n) is 4.10. The average molecular weight is 228 g/mol. The molecule has 0 amide bonds. The van der Waals surface area contributed by atoms with Gasteiger partial charge in [0.15, 0.2) is 0 Å². The Morgan fingerprint density at radius 2 is 1.50 bits per heavy atom. The third-order valence-electron chi connectivity index (χ3n) is 1.22. The normalized spacial score (nSPS) is 12.2. The van der Waals surface area contributed by atoms with Crippen LogP contribution < -0.4 is 12.4 Å². The third kappa shape index (κ3) is 29.5. The maximum absolute atomic E-state index is 8.87. The van der Waals surface area contributed by atoms with Gasteiger partial charge in [-0.1, -0.05) is 0 Å². The van der Waals surface area contributed by atoms with Crippen molar-refractivity contribution in [2.45, 2.75) is 26.9 Å². The predicted octanol–water partition coefficient (Wildman–Crippen LogP) is -1.88. The summed E-state index contributed by atoms with van der Waals surface area (Å²) in [5.41, 5.74) is 0. The zero-order valence-corrected chi connectivity index (χ0v) is 11.1. The van der Waals surface area contributed by atoms with Gasteiger partial charge in [-0.05, 0) is 20.8 Å². The molecular weight excluding hydrogens is 202 g/mol. The summed E-state index contributed by atoms with van der Waals surface area (Å²) in [4.78, 5) is 0. The SMILES string of the molecule is CC(O)C[N+](C)(C)C.CCOCC.[Cl-]. The smallest absolute Gasteiger partial charge is 0.104 e. The predicted molar refractivity (Wildman–Crippen MR) is 56.7 cm³/mol. The highest BCUT2D eigenvalue weighted by Crippen LogP contribution is 1.92. The number of ether oxygens (including phenoxy) is 1. The number of rotatable bonds is 4. The summed E-state index contributed by atoms with van der Waals surface area (Å²) in [5, 5.41) is 8.87. The Balaban J connectivity index is -0.000000177. The van der Waals surface area contributed by atoms with Gasteiger partial charge in [0.2, 0.25) is 0 Å². The van der Waals surface area contributed by atoms with Crippen molar-refractivity contribution in [1.29, 1.82) is 0 Å². The quantitative estimate of drug-likeness (QED) is 0.570. The fourth-order valence-corrected chi connectivity index (χ4v) is 0.997. The van der Waals surface area contributed by atoms with Crippen molar-refractivity contribution in [3.8, 4) is 0 Å². The number of aliphatic hydroxyl groups excluding tert-OH is 1. The van der Waals surface area contributed by atoms with Crippen molar-refractivity contribution >= 4 is 0 Å². The highest BCUT2D eigenvalue weighted by atomic mass is 35.5. The number of aliphatic hydroxyl groups is 1. The Morgan fingerprint density at radius 1 is 1.14 bits per heavy atom. The molecule has 0 fully saturated rings. The van der Waals surface area contributed by atoms with Crippen LogP contribution in [-0.2, 0) is 4.74 Å². The lowest BCUT2D eigenvalue weighted by Crippen LogP contribution is -3.00. The second-order valence-corrected chi connectivity index (χ2v) is 4.10. The van der Waals surface area contributed by atoms with Crippen LogP contribution in [0.5, 0.6) is 0 Å². The maximum atomic E-state index is 8.87. The molecule has 1 atom stereocenters. The van der Waals surface area contributed by atoms with E-state index in [1.165, 1.54) is 0 Å². The first kappa shape index (κ1) is 19.7. The number of nitrogens with zero attached hydrogens (tertiary/aromatic N) is 1. The van der Waals surface area contributed by atoms with E-state index in [0.717, 1.165) is 24.2 Å². The molecule has 14 heavy (non-hydrogen) atoms. The van der Waals surface area contributed by atoms with Gasteiger partial charge in [-0.2, -0.15) is 0 Å². The maximum Gasteiger partial charge on any atom is 0.104 e. The zero-order chi connectivity index (χ0) is 10.9. The van der Waals surface area contributed by atoms with Crippen molar-refractivity contribution in [2.24, 2.45) is 0 Å². The van der Waals surface area contributed by atoms with Gasteiger partial charge in [-0.3, -0.25) is 0 Å². The van der Waals surface area contributed by atoms with Crippen LogP contribution in [0.4, 0.5) is 0 Å². The highest BCUT2D eigenvalue weighted by molar-refractivity contribution is 4.39. The minimum atomic E-state index is -0.185. The molecule has 0 rings (SSSR count). The highest BCUT2D eigenvalue weighted by Gasteiger charge is 2.09. The minimum absolute atomic E-state index is 0. The van der Waals surface area contributed by atoms with Crippen molar-refractivity contribution in [3.63, 3.8) is 0 Å². The Morgan fingerprint density at radius 3 is 1.50 bits per heavy atom. The fraction of sp³-hybridized carbons (Fsp3) is 1.00. The third-order valence-corrected chi connectivity index (χ3v) is 1.22. The van der Waals surface area contributed by atoms with Crippen LogP contribution in [0.25, 0.3) is 0 Å². The van der Waals surface area contributed by atoms with Crippen LogP contribution in [0, 0.1) is 0 Å². The summed E-state index contributed by atoms with van der Waals surface area (Å²) in [5.74, 6) is 0. The Kier molecular flexibility index (Phi) is 15.8. The molecule has 1 N–H and O–H groups in total. The second kappa shape index (κ2) is 11.2. The summed E-state index contributed by atoms with van der Waals surface area (Å²) < 4.78 is 5.66. The van der Waals surface area contributed by atoms with Crippen molar-refractivity contribution < 1.29 is 26.7 Å². The van der Waals surface area contributed by atoms with Crippen LogP contribution in [0.1, 0.15) is 20.8 Å². The van der Waals surface area contributed by atoms with E-state index in [1.807, 2.05) is 20.8 Å². The van der Waals surface area contributed by atoms with Gasteiger partial charge >= 0.3 is 0 Å². The van der Waals surface area contributed by atoms with E-state index in [-0.39, 0.29) is 18.5 Å². The summed E-state index contributed by atoms with van der Waals surface area (Å²) in [6, 6.07) is 0. The average Bonchev–Trinajstić information content (AvgIpc) is 1.84. The van der Waals surface area contributed by atoms with E-state index in [9.17, 15) is 0 Å². The monoisotopic (exact) mass is 227 g/mol. The van der Waals surface area contributed by atoms with Crippen LogP contribution >= 0.6 is 0 Å². The van der Waals surface area contributed by atoms with Crippen molar-refractivity contribution in [3.05, 3.63) is 0 Å². The van der Waals surface area contributed by atoms with E-state index in [2.05, 4.69) is 21.1 Å². The summed E-state index contributed by atoms with van der Waals surface area (Å²) in [7, 11) is 6.19. The molecule has 0 heterocycles. The molecule has 0 aliphatic heterocycles. The summed E-state index contributed by atoms with van der Waals surface area (Å²) in [6.07, 6.45) is -0.185. The van der Waals surface area contributed by atoms with Gasteiger partial charge in [0.25, 0.3) is 0 Å². The van der Waals surface area contributed by atoms with E-state index < -0.39 is 0 Å². The molecule has 0 spiro atoms. The van der Waals surface area contributed by atoms with E-state index >= 15 is 0 Å². The first-order chi connectivity index (χ1) is 5.83. The van der Waals surface area contributed by atoms with Crippen LogP contribution in [-0.4, -0.2) is 56.6 Å². The molecule has 0 aliphatic rings. The van der Waals surface area contributed by atoms with Crippen LogP contribution in [0.15, 0.2) is 0 Å². The zero-order valence-electron chi connectivity index (χ0n) is 10.4. The van der Waals surface area contributed by atoms with E-state index in [4.69, 9.17) is 9.84 Å². The Bertz CT molecular complexity index is 101. The van der Waals surface area contributed by atoms with Gasteiger partial charge < -0.3 is 26.7 Å². The molecule has 0 aromatic rings. The van der Waals surface area contributed by atoms with Crippen molar-refractivity contribution in [1.82, 2.24) is 0 Å². The lowest BCUT2D eigenvalue weighted by molar-refractivity contribution is -0.873. The lowest BCUT2D eigenvalue weighted by atomic mass is 10.3. The number of quaternary nitrogens is 1. The molecule has 0 bridgehead atoms. The first-order valence-corrected chi connectivity index (χ1v) is 4.89. The largest absolute Gasteiger partial charge is 1.00 e. The Labute approximate surface area is 95.1 Å². The topological polar surface area (TPSA) is 29.5 Å².